The molecule has 4 atom stereocenters. The molecule has 0 fully saturated rings. The van der Waals surface area contributed by atoms with Crippen molar-refractivity contribution in [3.05, 3.63) is 0 Å². The third-order valence-electron chi connectivity index (χ3n) is 3.30. The molecule has 0 saturated carbocycles. The molecule has 10 N–H and O–H groups in total. The molecule has 0 saturated heterocycles. The number of aliphatic hydroxyl groups is 3. The van der Waals surface area contributed by atoms with Crippen LogP contribution in [-0.2, 0) is 9.59 Å². The van der Waals surface area contributed by atoms with E-state index in [4.69, 9.17) is 33.9 Å². The molecule has 0 aromatic carbocycles. The second-order valence-electron chi connectivity index (χ2n) is 5.56. The summed E-state index contributed by atoms with van der Waals surface area (Å²) in [5.74, 6) is -1.12. The van der Waals surface area contributed by atoms with Crippen LogP contribution in [0, 0.1) is 0 Å². The molecule has 146 valence electrons. The first-order valence-electron chi connectivity index (χ1n) is 7.64. The maximum Gasteiger partial charge on any atom is 0.255 e. The summed E-state index contributed by atoms with van der Waals surface area (Å²) in [6, 6.07) is -2.29. The standard InChI is InChI=1S/C13H28N6O5S/c1-7(22)10(6-21)18-13(25)17-8(3-11(15)23)4-16-19(2)12(24)9(14)5-20/h7-10,16,20-22H,3-6,14H2,1-2H3,(H2,15,23)(H2,17,18,25). The highest BCUT2D eigenvalue weighted by atomic mass is 32.1. The van der Waals surface area contributed by atoms with Crippen molar-refractivity contribution < 1.29 is 24.9 Å². The lowest BCUT2D eigenvalue weighted by Gasteiger charge is -2.27. The van der Waals surface area contributed by atoms with Gasteiger partial charge in [0, 0.05) is 20.0 Å². The summed E-state index contributed by atoms with van der Waals surface area (Å²) in [7, 11) is 1.42. The van der Waals surface area contributed by atoms with Gasteiger partial charge in [0.15, 0.2) is 5.11 Å². The van der Waals surface area contributed by atoms with Crippen LogP contribution in [0.25, 0.3) is 0 Å². The molecular formula is C13H28N6O5S. The second-order valence-corrected chi connectivity index (χ2v) is 5.97. The van der Waals surface area contributed by atoms with Crippen molar-refractivity contribution in [3.63, 3.8) is 0 Å². The molecule has 0 aliphatic heterocycles. The van der Waals surface area contributed by atoms with Crippen LogP contribution in [0.2, 0.25) is 0 Å². The van der Waals surface area contributed by atoms with Gasteiger partial charge in [-0.25, -0.2) is 5.43 Å². The highest BCUT2D eigenvalue weighted by Gasteiger charge is 2.21. The number of carbonyl (C=O) groups is 2. The summed E-state index contributed by atoms with van der Waals surface area (Å²) in [6.45, 7) is 0.756. The molecule has 0 spiro atoms. The van der Waals surface area contributed by atoms with E-state index in [0.29, 0.717) is 0 Å². The Labute approximate surface area is 151 Å². The number of amides is 2. The van der Waals surface area contributed by atoms with Crippen LogP contribution in [0.15, 0.2) is 0 Å². The Bertz CT molecular complexity index is 453. The van der Waals surface area contributed by atoms with Crippen molar-refractivity contribution in [1.82, 2.24) is 21.1 Å². The first-order valence-corrected chi connectivity index (χ1v) is 8.04. The number of nitrogens with two attached hydrogens (primary N) is 2. The monoisotopic (exact) mass is 380 g/mol. The smallest absolute Gasteiger partial charge is 0.255 e. The van der Waals surface area contributed by atoms with Crippen molar-refractivity contribution in [2.75, 3.05) is 26.8 Å². The first-order chi connectivity index (χ1) is 11.6. The lowest BCUT2D eigenvalue weighted by Crippen LogP contribution is -2.56. The molecule has 0 aromatic rings. The van der Waals surface area contributed by atoms with E-state index in [9.17, 15) is 14.7 Å². The largest absolute Gasteiger partial charge is 0.394 e. The number of hydrogen-bond acceptors (Lipinski definition) is 8. The maximum absolute atomic E-state index is 11.8. The van der Waals surface area contributed by atoms with E-state index < -0.39 is 42.7 Å². The van der Waals surface area contributed by atoms with Gasteiger partial charge in [-0.05, 0) is 19.1 Å². The number of likely N-dealkylation sites (N-methyl/N-ethyl adjacent to an activating group) is 1. The number of rotatable bonds is 11. The molecule has 0 radical (unpaired) electrons. The third kappa shape index (κ3) is 9.48. The van der Waals surface area contributed by atoms with Gasteiger partial charge in [-0.2, -0.15) is 0 Å². The Balaban J connectivity index is 4.67. The minimum atomic E-state index is -1.06. The average Bonchev–Trinajstić information content (AvgIpc) is 2.54. The lowest BCUT2D eigenvalue weighted by atomic mass is 10.2. The minimum Gasteiger partial charge on any atom is -0.394 e. The fourth-order valence-electron chi connectivity index (χ4n) is 1.78. The predicted molar refractivity (Wildman–Crippen MR) is 94.9 cm³/mol. The molecule has 11 nitrogen and oxygen atoms in total. The van der Waals surface area contributed by atoms with E-state index >= 15 is 0 Å². The van der Waals surface area contributed by atoms with Crippen LogP contribution in [0.5, 0.6) is 0 Å². The van der Waals surface area contributed by atoms with Crippen molar-refractivity contribution in [1.29, 1.82) is 0 Å². The van der Waals surface area contributed by atoms with Crippen molar-refractivity contribution in [2.45, 2.75) is 37.6 Å². The zero-order valence-corrected chi connectivity index (χ0v) is 15.1. The predicted octanol–water partition coefficient (Wildman–Crippen LogP) is -4.28. The summed E-state index contributed by atoms with van der Waals surface area (Å²) in [5.41, 5.74) is 13.4. The second kappa shape index (κ2) is 11.9. The van der Waals surface area contributed by atoms with E-state index in [1.54, 1.807) is 0 Å². The molecule has 25 heavy (non-hydrogen) atoms. The van der Waals surface area contributed by atoms with Gasteiger partial charge < -0.3 is 37.4 Å². The summed E-state index contributed by atoms with van der Waals surface area (Å²) < 4.78 is 0. The van der Waals surface area contributed by atoms with Crippen molar-refractivity contribution >= 4 is 29.1 Å². The first kappa shape index (κ1) is 23.4. The van der Waals surface area contributed by atoms with Gasteiger partial charge in [0.1, 0.15) is 6.04 Å². The average molecular weight is 380 g/mol. The quantitative estimate of drug-likeness (QED) is 0.129. The van der Waals surface area contributed by atoms with Crippen LogP contribution in [0.3, 0.4) is 0 Å². The van der Waals surface area contributed by atoms with Gasteiger partial charge in [-0.1, -0.05) is 0 Å². The number of thiocarbonyl (C=S) groups is 1. The van der Waals surface area contributed by atoms with Gasteiger partial charge in [0.05, 0.1) is 31.4 Å². The maximum atomic E-state index is 11.8. The van der Waals surface area contributed by atoms with Crippen LogP contribution in [-0.4, -0.2) is 88.3 Å². The minimum absolute atomic E-state index is 0.0820. The van der Waals surface area contributed by atoms with Gasteiger partial charge in [-0.15, -0.1) is 0 Å². The fourth-order valence-corrected chi connectivity index (χ4v) is 2.10. The Hall–Kier alpha value is -1.57. The molecule has 0 rings (SSSR count). The Morgan fingerprint density at radius 1 is 1.24 bits per heavy atom. The van der Waals surface area contributed by atoms with Crippen LogP contribution >= 0.6 is 12.2 Å². The zero-order valence-electron chi connectivity index (χ0n) is 14.3. The third-order valence-corrected chi connectivity index (χ3v) is 3.53. The van der Waals surface area contributed by atoms with E-state index in [2.05, 4.69) is 16.1 Å². The van der Waals surface area contributed by atoms with Gasteiger partial charge >= 0.3 is 0 Å². The van der Waals surface area contributed by atoms with E-state index in [1.165, 1.54) is 14.0 Å². The SMILES string of the molecule is CC(O)C(CO)NC(=S)NC(CNN(C)C(=O)C(N)CO)CC(N)=O. The highest BCUT2D eigenvalue weighted by molar-refractivity contribution is 7.80. The molecule has 0 bridgehead atoms. The molecular weight excluding hydrogens is 352 g/mol. The number of hydrazine groups is 1. The van der Waals surface area contributed by atoms with Crippen LogP contribution in [0.4, 0.5) is 0 Å². The van der Waals surface area contributed by atoms with Gasteiger partial charge in [0.25, 0.3) is 5.91 Å². The molecule has 0 aliphatic carbocycles. The van der Waals surface area contributed by atoms with Crippen molar-refractivity contribution in [2.24, 2.45) is 11.5 Å². The number of nitrogens with zero attached hydrogens (tertiary/aromatic N) is 1. The molecule has 12 heteroatoms. The van der Waals surface area contributed by atoms with Crippen LogP contribution in [0.1, 0.15) is 13.3 Å². The van der Waals surface area contributed by atoms with Gasteiger partial charge in [-0.3, -0.25) is 14.6 Å². The fraction of sp³-hybridized carbons (Fsp3) is 0.769. The zero-order chi connectivity index (χ0) is 19.6. The Kier molecular flexibility index (Phi) is 11.1. The molecule has 0 aliphatic rings. The van der Waals surface area contributed by atoms with Crippen LogP contribution < -0.4 is 27.5 Å². The topological polar surface area (TPSA) is 186 Å². The number of hydrogen-bond donors (Lipinski definition) is 8. The summed E-state index contributed by atoms with van der Waals surface area (Å²) >= 11 is 5.08. The number of nitrogens with one attached hydrogen (secondary N) is 3. The summed E-state index contributed by atoms with van der Waals surface area (Å²) in [5, 5.41) is 34.3. The molecule has 0 heterocycles. The summed E-state index contributed by atoms with van der Waals surface area (Å²) in [6.07, 6.45) is -0.928. The van der Waals surface area contributed by atoms with E-state index in [0.717, 1.165) is 5.01 Å². The number of primary amides is 1. The lowest BCUT2D eigenvalue weighted by molar-refractivity contribution is -0.135. The number of carbonyl (C=O) groups excluding carboxylic acids is 2. The normalized spacial score (nSPS) is 15.6. The Morgan fingerprint density at radius 2 is 1.84 bits per heavy atom. The van der Waals surface area contributed by atoms with E-state index in [-0.39, 0.29) is 24.7 Å². The Morgan fingerprint density at radius 3 is 2.28 bits per heavy atom. The van der Waals surface area contributed by atoms with Gasteiger partial charge in [0.2, 0.25) is 5.91 Å². The molecule has 0 aromatic heterocycles. The molecule has 2 amide bonds. The highest BCUT2D eigenvalue weighted by Crippen LogP contribution is 1.95. The van der Waals surface area contributed by atoms with E-state index in [1.807, 2.05) is 0 Å². The summed E-state index contributed by atoms with van der Waals surface area (Å²) in [4.78, 5) is 23.0. The van der Waals surface area contributed by atoms with Crippen molar-refractivity contribution in [3.8, 4) is 0 Å². The molecule has 4 unspecified atom stereocenters. The number of aliphatic hydroxyl groups excluding tert-OH is 3.